The maximum Gasteiger partial charge on any atom is 0.226 e. The Hall–Kier alpha value is -1.29. The number of nitrogens with two attached hydrogens (primary N) is 1. The van der Waals surface area contributed by atoms with Crippen molar-refractivity contribution in [1.82, 2.24) is 9.88 Å². The van der Waals surface area contributed by atoms with E-state index in [2.05, 4.69) is 4.98 Å². The molecule has 0 atom stereocenters. The molecule has 1 amide bonds. The van der Waals surface area contributed by atoms with Crippen molar-refractivity contribution in [3.05, 3.63) is 24.0 Å². The van der Waals surface area contributed by atoms with E-state index in [4.69, 9.17) is 5.73 Å². The first-order valence-corrected chi connectivity index (χ1v) is 6.21. The van der Waals surface area contributed by atoms with Gasteiger partial charge in [0, 0.05) is 31.4 Å². The maximum atomic E-state index is 12.0. The van der Waals surface area contributed by atoms with Gasteiger partial charge in [0.2, 0.25) is 5.91 Å². The molecular formula is C13H21N3O. The summed E-state index contributed by atoms with van der Waals surface area (Å²) in [4.78, 5) is 16.8. The molecule has 0 unspecified atom stereocenters. The van der Waals surface area contributed by atoms with Gasteiger partial charge in [-0.25, -0.2) is 0 Å². The largest absolute Gasteiger partial charge is 0.367 e. The van der Waals surface area contributed by atoms with Crippen LogP contribution in [0.5, 0.6) is 0 Å². The third kappa shape index (κ3) is 2.69. The first-order chi connectivity index (χ1) is 8.15. The van der Waals surface area contributed by atoms with Gasteiger partial charge >= 0.3 is 0 Å². The molecule has 0 saturated heterocycles. The van der Waals surface area contributed by atoms with Crippen LogP contribution < -0.4 is 5.73 Å². The summed E-state index contributed by atoms with van der Waals surface area (Å²) >= 11 is 0. The zero-order valence-electron chi connectivity index (χ0n) is 10.4. The average Bonchev–Trinajstić information content (AvgIpc) is 2.75. The van der Waals surface area contributed by atoms with Crippen molar-refractivity contribution < 1.29 is 4.79 Å². The van der Waals surface area contributed by atoms with Crippen molar-refractivity contribution in [3.8, 4) is 0 Å². The van der Waals surface area contributed by atoms with Gasteiger partial charge in [-0.3, -0.25) is 4.79 Å². The summed E-state index contributed by atoms with van der Waals surface area (Å²) in [7, 11) is 1.88. The van der Waals surface area contributed by atoms with Crippen LogP contribution in [0.1, 0.15) is 24.8 Å². The number of amides is 1. The molecule has 3 N–H and O–H groups in total. The number of hydrogen-bond donors (Lipinski definition) is 2. The van der Waals surface area contributed by atoms with E-state index in [1.165, 1.54) is 6.42 Å². The SMILES string of the molecule is CN(CC1(CN)CCC1)C(=O)Cc1cc[nH]c1. The van der Waals surface area contributed by atoms with Gasteiger partial charge in [0.1, 0.15) is 0 Å². The average molecular weight is 235 g/mol. The molecule has 0 spiro atoms. The number of aromatic amines is 1. The van der Waals surface area contributed by atoms with Crippen LogP contribution in [0.2, 0.25) is 0 Å². The number of H-pyrrole nitrogens is 1. The molecule has 1 aliphatic carbocycles. The Morgan fingerprint density at radius 1 is 1.59 bits per heavy atom. The Bertz CT molecular complexity index is 363. The number of rotatable bonds is 5. The van der Waals surface area contributed by atoms with E-state index in [0.29, 0.717) is 13.0 Å². The topological polar surface area (TPSA) is 62.1 Å². The van der Waals surface area contributed by atoms with E-state index in [-0.39, 0.29) is 11.3 Å². The predicted molar refractivity (Wildman–Crippen MR) is 67.5 cm³/mol. The smallest absolute Gasteiger partial charge is 0.226 e. The lowest BCUT2D eigenvalue weighted by atomic mass is 9.68. The summed E-state index contributed by atoms with van der Waals surface area (Å²) in [5.41, 5.74) is 7.05. The van der Waals surface area contributed by atoms with Gasteiger partial charge in [-0.15, -0.1) is 0 Å². The number of likely N-dealkylation sites (N-methyl/N-ethyl adjacent to an activating group) is 1. The van der Waals surface area contributed by atoms with Gasteiger partial charge in [0.15, 0.2) is 0 Å². The number of nitrogens with one attached hydrogen (secondary N) is 1. The quantitative estimate of drug-likeness (QED) is 0.804. The molecule has 1 fully saturated rings. The first kappa shape index (κ1) is 12.2. The highest BCUT2D eigenvalue weighted by Crippen LogP contribution is 2.40. The highest BCUT2D eigenvalue weighted by atomic mass is 16.2. The number of aromatic nitrogens is 1. The summed E-state index contributed by atoms with van der Waals surface area (Å²) in [5, 5.41) is 0. The van der Waals surface area contributed by atoms with Crippen molar-refractivity contribution in [2.75, 3.05) is 20.1 Å². The summed E-state index contributed by atoms with van der Waals surface area (Å²) in [5.74, 6) is 0.171. The summed E-state index contributed by atoms with van der Waals surface area (Å²) in [6.45, 7) is 1.49. The number of carbonyl (C=O) groups is 1. The lowest BCUT2D eigenvalue weighted by molar-refractivity contribution is -0.131. The highest BCUT2D eigenvalue weighted by molar-refractivity contribution is 5.78. The lowest BCUT2D eigenvalue weighted by Gasteiger charge is -2.43. The number of hydrogen-bond acceptors (Lipinski definition) is 2. The van der Waals surface area contributed by atoms with Gasteiger partial charge in [-0.05, 0) is 31.0 Å². The van der Waals surface area contributed by atoms with E-state index in [1.54, 1.807) is 0 Å². The van der Waals surface area contributed by atoms with Crippen LogP contribution in [-0.4, -0.2) is 35.9 Å². The molecule has 4 heteroatoms. The van der Waals surface area contributed by atoms with Crippen LogP contribution in [0.25, 0.3) is 0 Å². The van der Waals surface area contributed by atoms with E-state index in [0.717, 1.165) is 24.9 Å². The van der Waals surface area contributed by atoms with Crippen LogP contribution in [0.4, 0.5) is 0 Å². The maximum absolute atomic E-state index is 12.0. The molecular weight excluding hydrogens is 214 g/mol. The van der Waals surface area contributed by atoms with E-state index < -0.39 is 0 Å². The van der Waals surface area contributed by atoms with E-state index >= 15 is 0 Å². The molecule has 1 aromatic rings. The molecule has 94 valence electrons. The molecule has 4 nitrogen and oxygen atoms in total. The Labute approximate surface area is 102 Å². The molecule has 17 heavy (non-hydrogen) atoms. The third-order valence-electron chi connectivity index (χ3n) is 3.86. The van der Waals surface area contributed by atoms with Crippen molar-refractivity contribution in [2.24, 2.45) is 11.1 Å². The van der Waals surface area contributed by atoms with Crippen LogP contribution in [0, 0.1) is 5.41 Å². The zero-order valence-corrected chi connectivity index (χ0v) is 10.4. The Morgan fingerprint density at radius 2 is 2.35 bits per heavy atom. The van der Waals surface area contributed by atoms with Gasteiger partial charge < -0.3 is 15.6 Å². The minimum atomic E-state index is 0.171. The highest BCUT2D eigenvalue weighted by Gasteiger charge is 2.37. The van der Waals surface area contributed by atoms with Gasteiger partial charge in [0.05, 0.1) is 6.42 Å². The van der Waals surface area contributed by atoms with Crippen LogP contribution in [0.15, 0.2) is 18.5 Å². The Balaban J connectivity index is 1.87. The zero-order chi connectivity index (χ0) is 12.3. The van der Waals surface area contributed by atoms with Crippen molar-refractivity contribution in [3.63, 3.8) is 0 Å². The molecule has 1 aliphatic rings. The molecule has 0 bridgehead atoms. The molecule has 0 aromatic carbocycles. The van der Waals surface area contributed by atoms with Crippen molar-refractivity contribution in [2.45, 2.75) is 25.7 Å². The molecule has 1 heterocycles. The van der Waals surface area contributed by atoms with Crippen LogP contribution >= 0.6 is 0 Å². The monoisotopic (exact) mass is 235 g/mol. The second kappa shape index (κ2) is 4.92. The fourth-order valence-electron chi connectivity index (χ4n) is 2.47. The minimum Gasteiger partial charge on any atom is -0.367 e. The minimum absolute atomic E-state index is 0.171. The number of nitrogens with zero attached hydrogens (tertiary/aromatic N) is 1. The predicted octanol–water partition coefficient (Wildman–Crippen LogP) is 1.14. The second-order valence-corrected chi connectivity index (χ2v) is 5.20. The summed E-state index contributed by atoms with van der Waals surface area (Å²) in [6, 6.07) is 1.94. The molecule has 0 aliphatic heterocycles. The summed E-state index contributed by atoms with van der Waals surface area (Å²) in [6.07, 6.45) is 7.75. The van der Waals surface area contributed by atoms with Gasteiger partial charge in [-0.2, -0.15) is 0 Å². The van der Waals surface area contributed by atoms with Crippen molar-refractivity contribution >= 4 is 5.91 Å². The fourth-order valence-corrected chi connectivity index (χ4v) is 2.47. The second-order valence-electron chi connectivity index (χ2n) is 5.20. The van der Waals surface area contributed by atoms with E-state index in [9.17, 15) is 4.79 Å². The standard InChI is InChI=1S/C13H21N3O/c1-16(10-13(9-14)4-2-5-13)12(17)7-11-3-6-15-8-11/h3,6,8,15H,2,4-5,7,9-10,14H2,1H3. The molecule has 1 aromatic heterocycles. The molecule has 2 rings (SSSR count). The third-order valence-corrected chi connectivity index (χ3v) is 3.86. The molecule has 0 radical (unpaired) electrons. The van der Waals surface area contributed by atoms with Gasteiger partial charge in [-0.1, -0.05) is 6.42 Å². The van der Waals surface area contributed by atoms with Gasteiger partial charge in [0.25, 0.3) is 0 Å². The van der Waals surface area contributed by atoms with Crippen LogP contribution in [-0.2, 0) is 11.2 Å². The van der Waals surface area contributed by atoms with Crippen molar-refractivity contribution in [1.29, 1.82) is 0 Å². The fraction of sp³-hybridized carbons (Fsp3) is 0.615. The summed E-state index contributed by atoms with van der Waals surface area (Å²) < 4.78 is 0. The Morgan fingerprint density at radius 3 is 2.82 bits per heavy atom. The first-order valence-electron chi connectivity index (χ1n) is 6.21. The lowest BCUT2D eigenvalue weighted by Crippen LogP contribution is -2.47. The molecule has 1 saturated carbocycles. The van der Waals surface area contributed by atoms with E-state index in [1.807, 2.05) is 30.4 Å². The van der Waals surface area contributed by atoms with Crippen LogP contribution in [0.3, 0.4) is 0 Å². The number of carbonyl (C=O) groups excluding carboxylic acids is 1. The Kier molecular flexibility index (Phi) is 3.52. The normalized spacial score (nSPS) is 17.5.